The number of hydrogen-bond acceptors (Lipinski definition) is 3. The number of nitrogens with one attached hydrogen (secondary N) is 1. The third-order valence-electron chi connectivity index (χ3n) is 2.33. The van der Waals surface area contributed by atoms with Crippen molar-refractivity contribution in [2.24, 2.45) is 0 Å². The second-order valence-corrected chi connectivity index (χ2v) is 4.76. The molecule has 1 unspecified atom stereocenters. The monoisotopic (exact) mass is 269 g/mol. The smallest absolute Gasteiger partial charge is 0.0897 e. The van der Waals surface area contributed by atoms with Crippen molar-refractivity contribution in [3.05, 3.63) is 47.0 Å². The number of aliphatic hydroxyl groups is 1. The first-order chi connectivity index (χ1) is 8.59. The van der Waals surface area contributed by atoms with Crippen LogP contribution in [0.5, 0.6) is 0 Å². The number of benzene rings is 1. The van der Waals surface area contributed by atoms with Crippen LogP contribution in [0.25, 0.3) is 0 Å². The minimum Gasteiger partial charge on any atom is -0.389 e. The minimum absolute atomic E-state index is 0.286. The largest absolute Gasteiger partial charge is 0.389 e. The fraction of sp³-hybridized carbons (Fsp3) is 0.429. The molecule has 4 heteroatoms. The van der Waals surface area contributed by atoms with Gasteiger partial charge in [0.25, 0.3) is 0 Å². The molecule has 0 heterocycles. The van der Waals surface area contributed by atoms with Gasteiger partial charge in [0.15, 0.2) is 0 Å². The third kappa shape index (κ3) is 6.17. The summed E-state index contributed by atoms with van der Waals surface area (Å²) in [6.07, 6.45) is -0.521. The lowest BCUT2D eigenvalue weighted by atomic mass is 10.2. The van der Waals surface area contributed by atoms with Gasteiger partial charge in [0, 0.05) is 18.1 Å². The molecule has 0 saturated carbocycles. The van der Waals surface area contributed by atoms with E-state index in [9.17, 15) is 5.11 Å². The van der Waals surface area contributed by atoms with E-state index in [0.29, 0.717) is 24.7 Å². The summed E-state index contributed by atoms with van der Waals surface area (Å²) in [5.41, 5.74) is 1.97. The Balaban J connectivity index is 2.17. The second kappa shape index (κ2) is 8.27. The molecule has 0 aliphatic carbocycles. The zero-order chi connectivity index (χ0) is 13.4. The maximum atomic E-state index is 9.66. The van der Waals surface area contributed by atoms with Crippen LogP contribution in [-0.4, -0.2) is 30.9 Å². The summed E-state index contributed by atoms with van der Waals surface area (Å²) in [5, 5.41) is 13.4. The molecule has 2 N–H and O–H groups in total. The van der Waals surface area contributed by atoms with Crippen molar-refractivity contribution in [3.63, 3.8) is 0 Å². The highest BCUT2D eigenvalue weighted by Crippen LogP contribution is 2.15. The van der Waals surface area contributed by atoms with Crippen molar-refractivity contribution in [1.29, 1.82) is 0 Å². The highest BCUT2D eigenvalue weighted by molar-refractivity contribution is 6.31. The highest BCUT2D eigenvalue weighted by atomic mass is 35.5. The van der Waals surface area contributed by atoms with Crippen molar-refractivity contribution in [2.45, 2.75) is 19.6 Å². The highest BCUT2D eigenvalue weighted by Gasteiger charge is 2.05. The van der Waals surface area contributed by atoms with E-state index in [1.807, 2.05) is 31.2 Å². The summed E-state index contributed by atoms with van der Waals surface area (Å²) >= 11 is 5.99. The van der Waals surface area contributed by atoms with E-state index < -0.39 is 6.10 Å². The van der Waals surface area contributed by atoms with Crippen molar-refractivity contribution in [3.8, 4) is 0 Å². The van der Waals surface area contributed by atoms with E-state index in [-0.39, 0.29) is 6.61 Å². The molecule has 0 aliphatic heterocycles. The van der Waals surface area contributed by atoms with Gasteiger partial charge in [-0.05, 0) is 18.6 Å². The Kier molecular flexibility index (Phi) is 6.98. The van der Waals surface area contributed by atoms with Crippen LogP contribution in [0.3, 0.4) is 0 Å². The van der Waals surface area contributed by atoms with Gasteiger partial charge in [-0.3, -0.25) is 0 Å². The number of hydrogen-bond donors (Lipinski definition) is 2. The van der Waals surface area contributed by atoms with Gasteiger partial charge in [0.2, 0.25) is 0 Å². The first kappa shape index (κ1) is 15.2. The van der Waals surface area contributed by atoms with Gasteiger partial charge in [-0.1, -0.05) is 42.0 Å². The van der Waals surface area contributed by atoms with E-state index >= 15 is 0 Å². The molecule has 0 radical (unpaired) electrons. The molecule has 18 heavy (non-hydrogen) atoms. The quantitative estimate of drug-likeness (QED) is 0.712. The van der Waals surface area contributed by atoms with Gasteiger partial charge >= 0.3 is 0 Å². The molecule has 0 fully saturated rings. The molecule has 100 valence electrons. The molecule has 1 aromatic rings. The summed E-state index contributed by atoms with van der Waals surface area (Å²) in [4.78, 5) is 0. The van der Waals surface area contributed by atoms with Gasteiger partial charge in [-0.15, -0.1) is 0 Å². The Labute approximate surface area is 113 Å². The van der Waals surface area contributed by atoms with Gasteiger partial charge in [0.1, 0.15) is 0 Å². The molecule has 0 bridgehead atoms. The van der Waals surface area contributed by atoms with E-state index in [1.54, 1.807) is 0 Å². The summed E-state index contributed by atoms with van der Waals surface area (Å²) < 4.78 is 5.42. The lowest BCUT2D eigenvalue weighted by Crippen LogP contribution is -2.31. The molecule has 0 spiro atoms. The lowest BCUT2D eigenvalue weighted by molar-refractivity contribution is 0.0293. The Morgan fingerprint density at radius 2 is 2.22 bits per heavy atom. The molecule has 1 aromatic carbocycles. The normalized spacial score (nSPS) is 12.4. The van der Waals surface area contributed by atoms with Crippen molar-refractivity contribution >= 4 is 11.6 Å². The summed E-state index contributed by atoms with van der Waals surface area (Å²) in [7, 11) is 0. The third-order valence-corrected chi connectivity index (χ3v) is 2.70. The molecule has 3 nitrogen and oxygen atoms in total. The van der Waals surface area contributed by atoms with Gasteiger partial charge in [-0.2, -0.15) is 0 Å². The van der Waals surface area contributed by atoms with E-state index in [2.05, 4.69) is 11.9 Å². The van der Waals surface area contributed by atoms with Crippen LogP contribution in [0.4, 0.5) is 0 Å². The average Bonchev–Trinajstić information content (AvgIpc) is 2.31. The fourth-order valence-electron chi connectivity index (χ4n) is 1.43. The zero-order valence-electron chi connectivity index (χ0n) is 10.7. The first-order valence-corrected chi connectivity index (χ1v) is 6.31. The van der Waals surface area contributed by atoms with Crippen LogP contribution in [0.15, 0.2) is 36.4 Å². The molecule has 0 amide bonds. The molecular formula is C14H20ClNO2. The molecular weight excluding hydrogens is 250 g/mol. The second-order valence-electron chi connectivity index (χ2n) is 4.35. The van der Waals surface area contributed by atoms with Gasteiger partial charge in [-0.25, -0.2) is 0 Å². The predicted octanol–water partition coefficient (Wildman–Crippen LogP) is 2.38. The average molecular weight is 270 g/mol. The summed E-state index contributed by atoms with van der Waals surface area (Å²) in [5.74, 6) is 0. The number of ether oxygens (including phenoxy) is 1. The van der Waals surface area contributed by atoms with Crippen LogP contribution < -0.4 is 5.32 Å². The van der Waals surface area contributed by atoms with E-state index in [4.69, 9.17) is 16.3 Å². The lowest BCUT2D eigenvalue weighted by Gasteiger charge is -2.12. The minimum atomic E-state index is -0.521. The maximum absolute atomic E-state index is 9.66. The topological polar surface area (TPSA) is 41.5 Å². The van der Waals surface area contributed by atoms with Crippen LogP contribution in [0.1, 0.15) is 12.5 Å². The molecule has 0 aromatic heterocycles. The number of halogens is 1. The van der Waals surface area contributed by atoms with Crippen LogP contribution >= 0.6 is 11.6 Å². The van der Waals surface area contributed by atoms with E-state index in [0.717, 1.165) is 11.1 Å². The number of aliphatic hydroxyl groups excluding tert-OH is 1. The first-order valence-electron chi connectivity index (χ1n) is 5.94. The summed E-state index contributed by atoms with van der Waals surface area (Å²) in [6.45, 7) is 7.62. The maximum Gasteiger partial charge on any atom is 0.0897 e. The molecule has 0 saturated heterocycles. The van der Waals surface area contributed by atoms with Gasteiger partial charge in [0.05, 0.1) is 19.3 Å². The predicted molar refractivity (Wildman–Crippen MR) is 74.8 cm³/mol. The molecule has 1 rings (SSSR count). The van der Waals surface area contributed by atoms with Gasteiger partial charge < -0.3 is 15.2 Å². The Morgan fingerprint density at radius 3 is 2.89 bits per heavy atom. The van der Waals surface area contributed by atoms with Crippen LogP contribution in [0, 0.1) is 0 Å². The SMILES string of the molecule is C=C(C)CNCC(O)COCc1ccccc1Cl. The fourth-order valence-corrected chi connectivity index (χ4v) is 1.62. The summed E-state index contributed by atoms with van der Waals surface area (Å²) in [6, 6.07) is 7.52. The van der Waals surface area contributed by atoms with E-state index in [1.165, 1.54) is 0 Å². The van der Waals surface area contributed by atoms with Crippen molar-refractivity contribution in [1.82, 2.24) is 5.32 Å². The van der Waals surface area contributed by atoms with Crippen molar-refractivity contribution in [2.75, 3.05) is 19.7 Å². The zero-order valence-corrected chi connectivity index (χ0v) is 11.4. The van der Waals surface area contributed by atoms with Crippen LogP contribution in [0.2, 0.25) is 5.02 Å². The Bertz CT molecular complexity index is 382. The standard InChI is InChI=1S/C14H20ClNO2/c1-11(2)7-16-8-13(17)10-18-9-12-5-3-4-6-14(12)15/h3-6,13,16-17H,1,7-10H2,2H3. The molecule has 1 atom stereocenters. The Morgan fingerprint density at radius 1 is 1.50 bits per heavy atom. The number of rotatable bonds is 8. The molecule has 0 aliphatic rings. The van der Waals surface area contributed by atoms with Crippen LogP contribution in [-0.2, 0) is 11.3 Å². The van der Waals surface area contributed by atoms with Crippen molar-refractivity contribution < 1.29 is 9.84 Å². The Hall–Kier alpha value is -0.870.